The molecule has 102 valence electrons. The van der Waals surface area contributed by atoms with Crippen molar-refractivity contribution in [1.29, 1.82) is 0 Å². The van der Waals surface area contributed by atoms with Gasteiger partial charge in [0.25, 0.3) is 9.40 Å². The minimum absolute atomic E-state index is 1.01. The third kappa shape index (κ3) is 1.74. The lowest BCUT2D eigenvalue weighted by atomic mass is 10.2. The number of hydrogen-bond acceptors (Lipinski definition) is 3. The summed E-state index contributed by atoms with van der Waals surface area (Å²) in [5.74, 6) is 0. The smallest absolute Gasteiger partial charge is 0.256 e. The second-order valence-electron chi connectivity index (χ2n) is 5.25. The largest absolute Gasteiger partial charge is 0.259 e. The minimum atomic E-state index is 1.01. The summed E-state index contributed by atoms with van der Waals surface area (Å²) < 4.78 is 2.29. The van der Waals surface area contributed by atoms with Crippen molar-refractivity contribution in [3.63, 3.8) is 0 Å². The Morgan fingerprint density at radius 1 is 0.636 bits per heavy atom. The summed E-state index contributed by atoms with van der Waals surface area (Å²) in [4.78, 5) is 13.7. The van der Waals surface area contributed by atoms with E-state index in [2.05, 4.69) is 46.4 Å². The first-order chi connectivity index (χ1) is 10.9. The number of rotatable bonds is 0. The number of hydrogen-bond donors (Lipinski definition) is 0. The highest BCUT2D eigenvalue weighted by molar-refractivity contribution is 7.24. The fourth-order valence-corrected chi connectivity index (χ4v) is 3.76. The third-order valence-electron chi connectivity index (χ3n) is 3.83. The maximum Gasteiger partial charge on any atom is 0.259 e. The molecule has 5 rings (SSSR count). The zero-order valence-electron chi connectivity index (χ0n) is 11.5. The van der Waals surface area contributed by atoms with Crippen LogP contribution in [-0.4, -0.2) is 15.0 Å². The van der Waals surface area contributed by atoms with Crippen molar-refractivity contribution < 1.29 is 0 Å². The summed E-state index contributed by atoms with van der Waals surface area (Å²) in [5, 5.41) is 2.24. The van der Waals surface area contributed by atoms with Gasteiger partial charge in [0, 0.05) is 35.3 Å². The zero-order chi connectivity index (χ0) is 14.5. The predicted octanol–water partition coefficient (Wildman–Crippen LogP) is 4.83. The first kappa shape index (κ1) is 11.9. The summed E-state index contributed by atoms with van der Waals surface area (Å²) in [6, 6.07) is 16.5. The maximum absolute atomic E-state index is 4.83. The molecule has 2 aromatic carbocycles. The summed E-state index contributed by atoms with van der Waals surface area (Å²) in [6.07, 6.45) is 3.65. The van der Waals surface area contributed by atoms with E-state index in [-0.39, 0.29) is 0 Å². The molecule has 0 saturated carbocycles. The van der Waals surface area contributed by atoms with Crippen molar-refractivity contribution in [3.05, 3.63) is 60.9 Å². The van der Waals surface area contributed by atoms with E-state index in [9.17, 15) is 0 Å². The summed E-state index contributed by atoms with van der Waals surface area (Å²) >= 11 is 1.74. The molecule has 0 aliphatic carbocycles. The van der Waals surface area contributed by atoms with Crippen molar-refractivity contribution in [3.8, 4) is 0 Å². The van der Waals surface area contributed by atoms with E-state index >= 15 is 0 Å². The highest BCUT2D eigenvalue weighted by atomic mass is 32.1. The summed E-state index contributed by atoms with van der Waals surface area (Å²) in [7, 11) is 0. The second-order valence-corrected chi connectivity index (χ2v) is 6.33. The summed E-state index contributed by atoms with van der Waals surface area (Å²) in [5.41, 5.74) is 4.04. The zero-order valence-corrected chi connectivity index (χ0v) is 12.3. The van der Waals surface area contributed by atoms with Gasteiger partial charge < -0.3 is 0 Å². The van der Waals surface area contributed by atoms with Gasteiger partial charge in [0.2, 0.25) is 11.3 Å². The molecule has 4 heteroatoms. The SMILES string of the molecule is c1cnc2cc3[s+]c4cc5ncccc5cc4nc3cc2c1. The molecule has 0 saturated heterocycles. The predicted molar refractivity (Wildman–Crippen MR) is 92.1 cm³/mol. The molecule has 3 heterocycles. The quantitative estimate of drug-likeness (QED) is 0.304. The fourth-order valence-electron chi connectivity index (χ4n) is 2.76. The maximum atomic E-state index is 4.83. The Morgan fingerprint density at radius 2 is 1.18 bits per heavy atom. The first-order valence-corrected chi connectivity index (χ1v) is 7.86. The average Bonchev–Trinajstić information content (AvgIpc) is 2.56. The number of aromatic nitrogens is 3. The third-order valence-corrected chi connectivity index (χ3v) is 4.92. The molecule has 0 spiro atoms. The van der Waals surface area contributed by atoms with Crippen LogP contribution in [0.2, 0.25) is 0 Å². The lowest BCUT2D eigenvalue weighted by molar-refractivity contribution is 1.41. The standard InChI is InChI=1S/C18H10N3S/c1-3-11-7-15-17(9-13(11)19-5-1)22-18-10-14-12(4-2-6-20-14)8-16(18)21-15/h1-10H/q+1. The molecule has 0 amide bonds. The molecule has 0 aliphatic rings. The number of benzene rings is 2. The highest BCUT2D eigenvalue weighted by Gasteiger charge is 2.15. The van der Waals surface area contributed by atoms with Crippen LogP contribution in [0.25, 0.3) is 42.2 Å². The van der Waals surface area contributed by atoms with Gasteiger partial charge >= 0.3 is 0 Å². The van der Waals surface area contributed by atoms with Gasteiger partial charge in [-0.1, -0.05) is 12.1 Å². The van der Waals surface area contributed by atoms with Gasteiger partial charge in [-0.05, 0) is 24.3 Å². The first-order valence-electron chi connectivity index (χ1n) is 7.04. The molecule has 0 atom stereocenters. The molecule has 3 nitrogen and oxygen atoms in total. The van der Waals surface area contributed by atoms with Crippen LogP contribution in [0.3, 0.4) is 0 Å². The molecular weight excluding hydrogens is 290 g/mol. The molecule has 0 N–H and O–H groups in total. The van der Waals surface area contributed by atoms with Crippen molar-refractivity contribution in [2.45, 2.75) is 0 Å². The number of pyridine rings is 2. The van der Waals surface area contributed by atoms with Gasteiger partial charge in [-0.2, -0.15) is 0 Å². The average molecular weight is 300 g/mol. The van der Waals surface area contributed by atoms with E-state index in [0.29, 0.717) is 0 Å². The molecule has 0 bridgehead atoms. The van der Waals surface area contributed by atoms with Crippen LogP contribution >= 0.6 is 11.3 Å². The Hall–Kier alpha value is -2.72. The minimum Gasteiger partial charge on any atom is -0.256 e. The van der Waals surface area contributed by atoms with Gasteiger partial charge in [-0.25, -0.2) is 4.98 Å². The van der Waals surface area contributed by atoms with Crippen LogP contribution in [0, 0.1) is 0 Å². The highest BCUT2D eigenvalue weighted by Crippen LogP contribution is 2.30. The lowest BCUT2D eigenvalue weighted by Gasteiger charge is -1.98. The Balaban J connectivity index is 1.93. The van der Waals surface area contributed by atoms with Crippen molar-refractivity contribution >= 4 is 53.6 Å². The molecule has 0 unspecified atom stereocenters. The Labute approximate surface area is 129 Å². The van der Waals surface area contributed by atoms with E-state index in [1.165, 1.54) is 0 Å². The van der Waals surface area contributed by atoms with Crippen LogP contribution in [0.4, 0.5) is 0 Å². The molecule has 22 heavy (non-hydrogen) atoms. The van der Waals surface area contributed by atoms with Gasteiger partial charge in [0.15, 0.2) is 0 Å². The van der Waals surface area contributed by atoms with Gasteiger partial charge in [0.05, 0.1) is 11.0 Å². The molecule has 0 aliphatic heterocycles. The Kier molecular flexibility index (Phi) is 2.37. The van der Waals surface area contributed by atoms with Gasteiger partial charge in [-0.15, -0.1) is 0 Å². The van der Waals surface area contributed by atoms with Crippen LogP contribution in [-0.2, 0) is 0 Å². The number of nitrogens with zero attached hydrogens (tertiary/aromatic N) is 3. The van der Waals surface area contributed by atoms with Crippen LogP contribution in [0.15, 0.2) is 60.9 Å². The molecule has 0 radical (unpaired) electrons. The molecule has 0 fully saturated rings. The van der Waals surface area contributed by atoms with E-state index in [1.54, 1.807) is 11.3 Å². The molecule has 5 aromatic rings. The second kappa shape index (κ2) is 4.39. The van der Waals surface area contributed by atoms with Crippen molar-refractivity contribution in [2.75, 3.05) is 0 Å². The van der Waals surface area contributed by atoms with Crippen LogP contribution in [0.1, 0.15) is 0 Å². The topological polar surface area (TPSA) is 38.7 Å². The van der Waals surface area contributed by atoms with E-state index in [1.807, 2.05) is 24.5 Å². The number of fused-ring (bicyclic) bond motifs is 4. The van der Waals surface area contributed by atoms with Gasteiger partial charge in [0.1, 0.15) is 11.0 Å². The fraction of sp³-hybridized carbons (Fsp3) is 0. The Bertz CT molecular complexity index is 1000. The van der Waals surface area contributed by atoms with E-state index in [4.69, 9.17) is 4.98 Å². The van der Waals surface area contributed by atoms with Gasteiger partial charge in [-0.3, -0.25) is 9.97 Å². The van der Waals surface area contributed by atoms with E-state index < -0.39 is 0 Å². The van der Waals surface area contributed by atoms with E-state index in [0.717, 1.165) is 42.2 Å². The lowest BCUT2D eigenvalue weighted by Crippen LogP contribution is -1.84. The monoisotopic (exact) mass is 300 g/mol. The van der Waals surface area contributed by atoms with Crippen LogP contribution in [0.5, 0.6) is 0 Å². The summed E-state index contributed by atoms with van der Waals surface area (Å²) in [6.45, 7) is 0. The Morgan fingerprint density at radius 3 is 1.73 bits per heavy atom. The van der Waals surface area contributed by atoms with Crippen molar-refractivity contribution in [2.24, 2.45) is 0 Å². The molecular formula is C18H10N3S+. The van der Waals surface area contributed by atoms with Crippen molar-refractivity contribution in [1.82, 2.24) is 15.0 Å². The van der Waals surface area contributed by atoms with Crippen LogP contribution < -0.4 is 0 Å². The molecule has 3 aromatic heterocycles. The normalized spacial score (nSPS) is 11.6.